The standard InChI is InChI=1S/C24H17ClN4/c25-20-14-17-9-11-18(29-23(17)24-19(20)5-1-2-12-28-24)10-8-15-6-7-16-4-3-13-27-22(16)21(15)26/h1,3-14H,2,26H2. The van der Waals surface area contributed by atoms with E-state index in [4.69, 9.17) is 22.3 Å². The molecule has 0 saturated heterocycles. The van der Waals surface area contributed by atoms with Gasteiger partial charge < -0.3 is 5.73 Å². The molecule has 5 heteroatoms. The third-order valence-corrected chi connectivity index (χ3v) is 5.31. The zero-order valence-electron chi connectivity index (χ0n) is 15.5. The smallest absolute Gasteiger partial charge is 0.0975 e. The number of rotatable bonds is 2. The molecule has 0 atom stereocenters. The Balaban J connectivity index is 1.60. The third kappa shape index (κ3) is 3.18. The lowest BCUT2D eigenvalue weighted by molar-refractivity contribution is 1.36. The quantitative estimate of drug-likeness (QED) is 0.404. The lowest BCUT2D eigenvalue weighted by Crippen LogP contribution is -1.93. The Hall–Kier alpha value is -3.50. The molecule has 0 unspecified atom stereocenters. The van der Waals surface area contributed by atoms with Crippen molar-refractivity contribution in [3.05, 3.63) is 76.6 Å². The van der Waals surface area contributed by atoms with Crippen LogP contribution in [0, 0.1) is 0 Å². The van der Waals surface area contributed by atoms with E-state index in [-0.39, 0.29) is 0 Å². The molecule has 4 aromatic rings. The van der Waals surface area contributed by atoms with Crippen LogP contribution in [0.5, 0.6) is 0 Å². The number of anilines is 1. The van der Waals surface area contributed by atoms with E-state index in [1.807, 2.05) is 73.0 Å². The first kappa shape index (κ1) is 17.6. The van der Waals surface area contributed by atoms with Crippen LogP contribution in [0.2, 0.25) is 5.02 Å². The minimum atomic E-state index is 0.663. The van der Waals surface area contributed by atoms with Crippen LogP contribution in [0.1, 0.15) is 23.2 Å². The number of aromatic nitrogens is 2. The molecule has 29 heavy (non-hydrogen) atoms. The van der Waals surface area contributed by atoms with Gasteiger partial charge in [0.1, 0.15) is 0 Å². The van der Waals surface area contributed by atoms with Gasteiger partial charge in [-0.05, 0) is 29.8 Å². The molecule has 1 aliphatic heterocycles. The number of pyridine rings is 2. The summed E-state index contributed by atoms with van der Waals surface area (Å²) >= 11 is 6.45. The second-order valence-electron chi connectivity index (χ2n) is 6.86. The van der Waals surface area contributed by atoms with Crippen molar-refractivity contribution in [3.8, 4) is 0 Å². The zero-order valence-corrected chi connectivity index (χ0v) is 16.3. The minimum absolute atomic E-state index is 0.663. The summed E-state index contributed by atoms with van der Waals surface area (Å²) in [6.45, 7) is 0. The molecule has 2 aromatic carbocycles. The summed E-state index contributed by atoms with van der Waals surface area (Å²) in [5.41, 5.74) is 12.1. The van der Waals surface area contributed by atoms with E-state index < -0.39 is 0 Å². The average Bonchev–Trinajstić information content (AvgIpc) is 3.01. The summed E-state index contributed by atoms with van der Waals surface area (Å²) in [5.74, 6) is 0. The molecule has 0 spiro atoms. The number of nitrogens with zero attached hydrogens (tertiary/aromatic N) is 3. The van der Waals surface area contributed by atoms with E-state index in [9.17, 15) is 0 Å². The van der Waals surface area contributed by atoms with Crippen LogP contribution in [0.15, 0.2) is 59.7 Å². The van der Waals surface area contributed by atoms with Gasteiger partial charge in [0, 0.05) is 35.2 Å². The molecule has 0 saturated carbocycles. The minimum Gasteiger partial charge on any atom is -0.396 e. The topological polar surface area (TPSA) is 64.2 Å². The number of nitrogen functional groups attached to an aromatic ring is 1. The Bertz CT molecular complexity index is 1350. The molecule has 0 aliphatic carbocycles. The average molecular weight is 397 g/mol. The van der Waals surface area contributed by atoms with Crippen LogP contribution in [0.4, 0.5) is 11.4 Å². The Morgan fingerprint density at radius 1 is 1.00 bits per heavy atom. The third-order valence-electron chi connectivity index (χ3n) is 4.99. The van der Waals surface area contributed by atoms with Crippen molar-refractivity contribution in [1.82, 2.24) is 9.97 Å². The normalized spacial score (nSPS) is 13.3. The number of hydrogen-bond acceptors (Lipinski definition) is 4. The van der Waals surface area contributed by atoms with Crippen LogP contribution in [0.25, 0.3) is 40.0 Å². The first-order chi connectivity index (χ1) is 14.2. The van der Waals surface area contributed by atoms with Crippen LogP contribution in [-0.2, 0) is 0 Å². The Morgan fingerprint density at radius 2 is 1.90 bits per heavy atom. The van der Waals surface area contributed by atoms with Gasteiger partial charge >= 0.3 is 0 Å². The van der Waals surface area contributed by atoms with E-state index >= 15 is 0 Å². The highest BCUT2D eigenvalue weighted by Crippen LogP contribution is 2.37. The SMILES string of the molecule is Nc1c(C=Cc2ccc3cc(Cl)c4c(c3n2)N=CCC=C4)ccc2cccnc12. The van der Waals surface area contributed by atoms with E-state index in [0.717, 1.165) is 50.7 Å². The van der Waals surface area contributed by atoms with Gasteiger partial charge in [0.2, 0.25) is 0 Å². The first-order valence-electron chi connectivity index (χ1n) is 9.34. The highest BCUT2D eigenvalue weighted by Gasteiger charge is 2.12. The van der Waals surface area contributed by atoms with E-state index in [1.54, 1.807) is 6.20 Å². The van der Waals surface area contributed by atoms with Gasteiger partial charge in [-0.3, -0.25) is 9.98 Å². The summed E-state index contributed by atoms with van der Waals surface area (Å²) in [6.07, 6.45) is 12.4. The van der Waals surface area contributed by atoms with E-state index in [1.165, 1.54) is 0 Å². The summed E-state index contributed by atoms with van der Waals surface area (Å²) in [4.78, 5) is 13.8. The molecule has 0 amide bonds. The predicted molar refractivity (Wildman–Crippen MR) is 124 cm³/mol. The molecule has 2 aromatic heterocycles. The molecule has 0 bridgehead atoms. The lowest BCUT2D eigenvalue weighted by Gasteiger charge is -2.08. The number of allylic oxidation sites excluding steroid dienone is 1. The lowest BCUT2D eigenvalue weighted by atomic mass is 10.1. The molecule has 3 heterocycles. The maximum Gasteiger partial charge on any atom is 0.0975 e. The van der Waals surface area contributed by atoms with Crippen molar-refractivity contribution in [2.45, 2.75) is 6.42 Å². The monoisotopic (exact) mass is 396 g/mol. The number of benzene rings is 2. The molecule has 0 fully saturated rings. The molecule has 1 aliphatic rings. The first-order valence-corrected chi connectivity index (χ1v) is 9.72. The second-order valence-corrected chi connectivity index (χ2v) is 7.26. The molecule has 140 valence electrons. The van der Waals surface area contributed by atoms with E-state index in [2.05, 4.69) is 9.98 Å². The number of fused-ring (bicyclic) bond motifs is 4. The predicted octanol–water partition coefficient (Wildman–Crippen LogP) is 6.31. The maximum absolute atomic E-state index is 6.45. The van der Waals surface area contributed by atoms with Gasteiger partial charge in [0.25, 0.3) is 0 Å². The highest BCUT2D eigenvalue weighted by atomic mass is 35.5. The fourth-order valence-corrected chi connectivity index (χ4v) is 3.79. The number of hydrogen-bond donors (Lipinski definition) is 1. The van der Waals surface area contributed by atoms with Gasteiger partial charge in [0.05, 0.1) is 33.1 Å². The van der Waals surface area contributed by atoms with Crippen LogP contribution in [-0.4, -0.2) is 16.2 Å². The van der Waals surface area contributed by atoms with Crippen molar-refractivity contribution in [2.24, 2.45) is 4.99 Å². The van der Waals surface area contributed by atoms with Gasteiger partial charge in [-0.2, -0.15) is 0 Å². The Morgan fingerprint density at radius 3 is 2.83 bits per heavy atom. The van der Waals surface area contributed by atoms with Crippen molar-refractivity contribution in [3.63, 3.8) is 0 Å². The molecular weight excluding hydrogens is 380 g/mol. The molecule has 5 rings (SSSR count). The van der Waals surface area contributed by atoms with Crippen molar-refractivity contribution < 1.29 is 0 Å². The van der Waals surface area contributed by atoms with Crippen molar-refractivity contribution in [1.29, 1.82) is 0 Å². The Kier molecular flexibility index (Phi) is 4.34. The summed E-state index contributed by atoms with van der Waals surface area (Å²) in [5, 5.41) is 2.67. The second kappa shape index (κ2) is 7.15. The van der Waals surface area contributed by atoms with Gasteiger partial charge in [0.15, 0.2) is 0 Å². The van der Waals surface area contributed by atoms with Crippen molar-refractivity contribution >= 4 is 69.2 Å². The molecule has 2 N–H and O–H groups in total. The van der Waals surface area contributed by atoms with Gasteiger partial charge in [-0.15, -0.1) is 0 Å². The number of halogens is 1. The molecule has 0 radical (unpaired) electrons. The van der Waals surface area contributed by atoms with Gasteiger partial charge in [-0.25, -0.2) is 4.98 Å². The van der Waals surface area contributed by atoms with Crippen molar-refractivity contribution in [2.75, 3.05) is 5.73 Å². The fraction of sp³-hybridized carbons (Fsp3) is 0.0417. The maximum atomic E-state index is 6.45. The molecular formula is C24H17ClN4. The van der Waals surface area contributed by atoms with Crippen LogP contribution >= 0.6 is 11.6 Å². The largest absolute Gasteiger partial charge is 0.396 e. The Labute approximate surface area is 173 Å². The molecule has 4 nitrogen and oxygen atoms in total. The van der Waals surface area contributed by atoms with Crippen LogP contribution < -0.4 is 5.73 Å². The summed E-state index contributed by atoms with van der Waals surface area (Å²) in [6, 6.07) is 13.9. The van der Waals surface area contributed by atoms with Gasteiger partial charge in [-0.1, -0.05) is 54.1 Å². The number of nitrogens with two attached hydrogens (primary N) is 1. The van der Waals surface area contributed by atoms with E-state index in [0.29, 0.717) is 10.7 Å². The zero-order chi connectivity index (χ0) is 19.8. The number of aliphatic imine (C=N–C) groups is 1. The summed E-state index contributed by atoms with van der Waals surface area (Å²) in [7, 11) is 0. The highest BCUT2D eigenvalue weighted by molar-refractivity contribution is 6.33. The van der Waals surface area contributed by atoms with Crippen LogP contribution in [0.3, 0.4) is 0 Å². The summed E-state index contributed by atoms with van der Waals surface area (Å²) < 4.78 is 0. The fourth-order valence-electron chi connectivity index (χ4n) is 3.52.